The van der Waals surface area contributed by atoms with Gasteiger partial charge in [-0.15, -0.1) is 4.48 Å². The average Bonchev–Trinajstić information content (AvgIpc) is 2.74. The highest BCUT2D eigenvalue weighted by Gasteiger charge is 2.96. The highest BCUT2D eigenvalue weighted by Crippen LogP contribution is 2.64. The van der Waals surface area contributed by atoms with E-state index in [1.807, 2.05) is 0 Å². The van der Waals surface area contributed by atoms with Crippen LogP contribution in [0.2, 0.25) is 0 Å². The maximum Gasteiger partial charge on any atom is 0.468 e. The standard InChI is InChI=1S/C13H7F22NO3S/c1-2-3-39-13(34,11(29,30)31)36(35)40(37,38)12(32,33)9(24,25)7(20,21)5(16,17)4(14,15)6(18,19)8(22,23)10(26,27)28/h2-3H2,1H3. The van der Waals surface area contributed by atoms with Gasteiger partial charge in [-0.2, -0.15) is 92.2 Å². The maximum absolute atomic E-state index is 13.9. The molecule has 0 saturated carbocycles. The molecular formula is C13H7F22NO3S. The molecule has 0 aliphatic rings. The van der Waals surface area contributed by atoms with Gasteiger partial charge in [-0.1, -0.05) is 6.92 Å². The lowest BCUT2D eigenvalue weighted by Gasteiger charge is -2.43. The number of sulfonamides is 1. The van der Waals surface area contributed by atoms with Crippen LogP contribution in [0.4, 0.5) is 96.7 Å². The Morgan fingerprint density at radius 1 is 0.525 bits per heavy atom. The minimum Gasteiger partial charge on any atom is -0.324 e. The molecule has 0 heterocycles. The predicted molar refractivity (Wildman–Crippen MR) is 78.7 cm³/mol. The van der Waals surface area contributed by atoms with Crippen molar-refractivity contribution < 1.29 is 110 Å². The zero-order valence-corrected chi connectivity index (χ0v) is 18.6. The first-order valence-electron chi connectivity index (χ1n) is 8.78. The van der Waals surface area contributed by atoms with Crippen molar-refractivity contribution in [3.05, 3.63) is 0 Å². The van der Waals surface area contributed by atoms with E-state index in [1.165, 1.54) is 0 Å². The molecule has 0 N–H and O–H groups in total. The van der Waals surface area contributed by atoms with Gasteiger partial charge in [0.05, 0.1) is 6.61 Å². The molecule has 1 atom stereocenters. The lowest BCUT2D eigenvalue weighted by Crippen LogP contribution is -2.75. The Labute approximate surface area is 204 Å². The number of nitrogens with zero attached hydrogens (tertiary/aromatic N) is 1. The molecule has 0 aliphatic heterocycles. The van der Waals surface area contributed by atoms with Crippen molar-refractivity contribution in [1.82, 2.24) is 4.53 Å². The molecule has 0 amide bonds. The predicted octanol–water partition coefficient (Wildman–Crippen LogP) is 7.08. The number of hydrogen-bond donors (Lipinski definition) is 0. The molecule has 1 unspecified atom stereocenters. The minimum atomic E-state index is -9.32. The quantitative estimate of drug-likeness (QED) is 0.0962. The van der Waals surface area contributed by atoms with Crippen LogP contribution >= 0.6 is 0 Å². The number of rotatable bonds is 12. The average molecular weight is 675 g/mol. The number of halogens is 22. The molecule has 0 aliphatic carbocycles. The normalized spacial score (nSPS) is 17.8. The Hall–Kier alpha value is -1.67. The third kappa shape index (κ3) is 4.89. The van der Waals surface area contributed by atoms with Crippen molar-refractivity contribution in [1.29, 1.82) is 0 Å². The molecule has 0 fully saturated rings. The van der Waals surface area contributed by atoms with Gasteiger partial charge >= 0.3 is 69.1 Å². The van der Waals surface area contributed by atoms with Crippen LogP contribution in [-0.2, 0) is 14.8 Å². The van der Waals surface area contributed by atoms with E-state index in [0.29, 0.717) is 6.92 Å². The van der Waals surface area contributed by atoms with Gasteiger partial charge < -0.3 is 4.74 Å². The number of hydrogen-bond acceptors (Lipinski definition) is 3. The molecule has 0 aromatic carbocycles. The molecular weight excluding hydrogens is 668 g/mol. The van der Waals surface area contributed by atoms with Crippen LogP contribution in [0.3, 0.4) is 0 Å². The van der Waals surface area contributed by atoms with Gasteiger partial charge in [0.2, 0.25) is 0 Å². The molecule has 4 nitrogen and oxygen atoms in total. The molecule has 0 saturated heterocycles. The van der Waals surface area contributed by atoms with Gasteiger partial charge in [0, 0.05) is 4.53 Å². The van der Waals surface area contributed by atoms with Gasteiger partial charge in [-0.25, -0.2) is 8.42 Å². The van der Waals surface area contributed by atoms with Gasteiger partial charge in [-0.3, -0.25) is 0 Å². The maximum atomic E-state index is 13.9. The largest absolute Gasteiger partial charge is 0.468 e. The summed E-state index contributed by atoms with van der Waals surface area (Å²) in [5.74, 6) is -61.4. The second kappa shape index (κ2) is 9.96. The van der Waals surface area contributed by atoms with Crippen LogP contribution in [0.1, 0.15) is 13.3 Å². The number of alkyl halides is 21. The first-order chi connectivity index (χ1) is 17.0. The first-order valence-corrected chi connectivity index (χ1v) is 10.2. The Morgan fingerprint density at radius 3 is 1.10 bits per heavy atom. The van der Waals surface area contributed by atoms with Crippen molar-refractivity contribution in [3.63, 3.8) is 0 Å². The van der Waals surface area contributed by atoms with Crippen molar-refractivity contribution in [3.8, 4) is 0 Å². The van der Waals surface area contributed by atoms with Gasteiger partial charge in [0.25, 0.3) is 0 Å². The summed E-state index contributed by atoms with van der Waals surface area (Å²) in [6.45, 7) is -1.19. The van der Waals surface area contributed by atoms with Crippen molar-refractivity contribution in [2.24, 2.45) is 0 Å². The van der Waals surface area contributed by atoms with E-state index in [4.69, 9.17) is 0 Å². The summed E-state index contributed by atoms with van der Waals surface area (Å²) >= 11 is 0. The summed E-state index contributed by atoms with van der Waals surface area (Å²) in [4.78, 5) is 0. The summed E-state index contributed by atoms with van der Waals surface area (Å²) in [7, 11) is -9.25. The van der Waals surface area contributed by atoms with E-state index in [0.717, 1.165) is 0 Å². The minimum absolute atomic E-state index is 0.692. The first kappa shape index (κ1) is 38.3. The van der Waals surface area contributed by atoms with Crippen LogP contribution < -0.4 is 0 Å². The second-order valence-electron chi connectivity index (χ2n) is 7.09. The number of ether oxygens (including phenoxy) is 1. The third-order valence-electron chi connectivity index (χ3n) is 4.30. The van der Waals surface area contributed by atoms with Crippen LogP contribution in [0.15, 0.2) is 0 Å². The SMILES string of the molecule is CCCOC(F)(N(F)S(=O)(=O)C(F)(F)C(F)(F)C(F)(F)C(F)(F)C(F)(F)C(F)(F)C(F)(F)C(F)(F)F)C(F)(F)F. The van der Waals surface area contributed by atoms with E-state index in [-0.39, 0.29) is 0 Å². The Morgan fingerprint density at radius 2 is 0.825 bits per heavy atom. The van der Waals surface area contributed by atoms with Crippen LogP contribution in [0.5, 0.6) is 0 Å². The van der Waals surface area contributed by atoms with E-state index in [9.17, 15) is 105 Å². The molecule has 0 rings (SSSR count). The van der Waals surface area contributed by atoms with E-state index < -0.39 is 86.7 Å². The Kier molecular flexibility index (Phi) is 9.55. The summed E-state index contributed by atoms with van der Waals surface area (Å²) in [5, 5.41) is -8.77. The molecule has 242 valence electrons. The van der Waals surface area contributed by atoms with Gasteiger partial charge in [-0.05, 0) is 6.42 Å². The molecule has 0 radical (unpaired) electrons. The van der Waals surface area contributed by atoms with E-state index >= 15 is 0 Å². The molecule has 0 aromatic rings. The molecule has 27 heteroatoms. The Bertz CT molecular complexity index is 1020. The topological polar surface area (TPSA) is 46.6 Å². The Balaban J connectivity index is 7.25. The monoisotopic (exact) mass is 675 g/mol. The molecule has 0 spiro atoms. The molecule has 40 heavy (non-hydrogen) atoms. The van der Waals surface area contributed by atoms with Crippen LogP contribution in [0.25, 0.3) is 0 Å². The molecule has 0 aromatic heterocycles. The van der Waals surface area contributed by atoms with E-state index in [2.05, 4.69) is 4.74 Å². The van der Waals surface area contributed by atoms with Crippen LogP contribution in [0, 0.1) is 0 Å². The zero-order valence-electron chi connectivity index (χ0n) is 17.8. The van der Waals surface area contributed by atoms with Crippen molar-refractivity contribution in [2.75, 3.05) is 6.61 Å². The van der Waals surface area contributed by atoms with Gasteiger partial charge in [0.15, 0.2) is 0 Å². The summed E-state index contributed by atoms with van der Waals surface area (Å²) in [6.07, 6.45) is -16.3. The zero-order chi connectivity index (χ0) is 33.2. The molecule has 0 bridgehead atoms. The van der Waals surface area contributed by atoms with Gasteiger partial charge in [0.1, 0.15) is 0 Å². The fourth-order valence-corrected chi connectivity index (χ4v) is 3.16. The lowest BCUT2D eigenvalue weighted by molar-refractivity contribution is -0.458. The fourth-order valence-electron chi connectivity index (χ4n) is 2.04. The van der Waals surface area contributed by atoms with Crippen molar-refractivity contribution >= 4 is 10.0 Å². The third-order valence-corrected chi connectivity index (χ3v) is 5.86. The lowest BCUT2D eigenvalue weighted by atomic mass is 9.91. The summed E-state index contributed by atoms with van der Waals surface area (Å²) < 4.78 is 311. The van der Waals surface area contributed by atoms with Crippen molar-refractivity contribution in [2.45, 2.75) is 72.5 Å². The second-order valence-corrected chi connectivity index (χ2v) is 8.87. The fraction of sp³-hybridized carbons (Fsp3) is 1.00. The smallest absolute Gasteiger partial charge is 0.324 e. The highest BCUT2D eigenvalue weighted by atomic mass is 32.2. The highest BCUT2D eigenvalue weighted by molar-refractivity contribution is 7.90. The van der Waals surface area contributed by atoms with Crippen LogP contribution in [-0.4, -0.2) is 78.7 Å². The summed E-state index contributed by atoms with van der Waals surface area (Å²) in [6, 6.07) is 0. The van der Waals surface area contributed by atoms with E-state index in [1.54, 1.807) is 0 Å². The summed E-state index contributed by atoms with van der Waals surface area (Å²) in [5.41, 5.74) is 0.